The second kappa shape index (κ2) is 5.40. The lowest BCUT2D eigenvalue weighted by Gasteiger charge is -2.30. The van der Waals surface area contributed by atoms with Gasteiger partial charge in [-0.05, 0) is 17.6 Å². The normalized spacial score (nSPS) is 22.0. The number of pyridine rings is 1. The molecule has 4 rings (SSSR count). The molecule has 1 unspecified atom stereocenters. The van der Waals surface area contributed by atoms with Crippen molar-refractivity contribution in [2.75, 3.05) is 50.0 Å². The van der Waals surface area contributed by atoms with Crippen LogP contribution < -0.4 is 20.5 Å². The lowest BCUT2D eigenvalue weighted by molar-refractivity contribution is -0.914. The Kier molecular flexibility index (Phi) is 3.38. The molecule has 4 heterocycles. The number of hydrogen-bond acceptors (Lipinski definition) is 4. The number of H-pyrrole nitrogens is 2. The fourth-order valence-corrected chi connectivity index (χ4v) is 3.70. The molecule has 0 radical (unpaired) electrons. The van der Waals surface area contributed by atoms with E-state index in [4.69, 9.17) is 10.5 Å². The third kappa shape index (κ3) is 2.12. The summed E-state index contributed by atoms with van der Waals surface area (Å²) < 4.78 is 5.50. The van der Waals surface area contributed by atoms with Gasteiger partial charge in [-0.2, -0.15) is 5.10 Å². The van der Waals surface area contributed by atoms with E-state index in [0.717, 1.165) is 63.4 Å². The number of likely N-dealkylation sites (N-methyl/N-ethyl adjacent to an activating group) is 1. The molecule has 2 aliphatic rings. The van der Waals surface area contributed by atoms with Crippen LogP contribution in [-0.4, -0.2) is 49.6 Å². The van der Waals surface area contributed by atoms with Crippen LogP contribution in [-0.2, 0) is 17.7 Å². The molecular weight excluding hydrogens is 280 g/mol. The van der Waals surface area contributed by atoms with Gasteiger partial charge in [-0.15, -0.1) is 0 Å². The Balaban J connectivity index is 1.87. The Morgan fingerprint density at radius 3 is 2.95 bits per heavy atom. The number of fused-ring (bicyclic) bond motifs is 3. The summed E-state index contributed by atoms with van der Waals surface area (Å²) >= 11 is 0. The highest BCUT2D eigenvalue weighted by Gasteiger charge is 2.32. The molecule has 0 amide bonds. The van der Waals surface area contributed by atoms with Crippen molar-refractivity contribution in [1.29, 1.82) is 0 Å². The highest BCUT2D eigenvalue weighted by Crippen LogP contribution is 2.29. The van der Waals surface area contributed by atoms with E-state index in [-0.39, 0.29) is 0 Å². The minimum absolute atomic E-state index is 0.677. The molecule has 2 aromatic rings. The lowest BCUT2D eigenvalue weighted by Crippen LogP contribution is -3.11. The third-order valence-electron chi connectivity index (χ3n) is 4.97. The number of quaternary nitrogens is 1. The summed E-state index contributed by atoms with van der Waals surface area (Å²) in [5, 5.41) is 8.36. The zero-order valence-electron chi connectivity index (χ0n) is 13.0. The second-order valence-electron chi connectivity index (χ2n) is 6.17. The molecule has 5 N–H and O–H groups in total. The molecule has 7 nitrogen and oxygen atoms in total. The first kappa shape index (κ1) is 13.8. The van der Waals surface area contributed by atoms with Crippen molar-refractivity contribution in [3.8, 4) is 0 Å². The molecule has 7 heteroatoms. The summed E-state index contributed by atoms with van der Waals surface area (Å²) in [5.74, 6) is 1.89. The Hall–Kier alpha value is -1.86. The number of nitrogens with zero attached hydrogens (tertiary/aromatic N) is 2. The van der Waals surface area contributed by atoms with Crippen LogP contribution in [0, 0.1) is 0 Å². The maximum absolute atomic E-state index is 6.12. The summed E-state index contributed by atoms with van der Waals surface area (Å²) in [5.41, 5.74) is 9.77. The highest BCUT2D eigenvalue weighted by molar-refractivity contribution is 5.89. The number of morpholine rings is 1. The minimum Gasteiger partial charge on any atom is -0.382 e. The van der Waals surface area contributed by atoms with Crippen molar-refractivity contribution in [3.05, 3.63) is 11.1 Å². The van der Waals surface area contributed by atoms with E-state index in [1.54, 1.807) is 4.90 Å². The fourth-order valence-electron chi connectivity index (χ4n) is 3.70. The Morgan fingerprint density at radius 2 is 2.18 bits per heavy atom. The zero-order chi connectivity index (χ0) is 15.1. The maximum Gasteiger partial charge on any atom is 0.295 e. The van der Waals surface area contributed by atoms with Crippen LogP contribution in [0.15, 0.2) is 0 Å². The quantitative estimate of drug-likeness (QED) is 0.648. The van der Waals surface area contributed by atoms with Crippen LogP contribution in [0.4, 0.5) is 11.6 Å². The Labute approximate surface area is 129 Å². The van der Waals surface area contributed by atoms with E-state index >= 15 is 0 Å². The van der Waals surface area contributed by atoms with Gasteiger partial charge in [0.15, 0.2) is 0 Å². The summed E-state index contributed by atoms with van der Waals surface area (Å²) in [4.78, 5) is 7.54. The summed E-state index contributed by atoms with van der Waals surface area (Å²) in [7, 11) is 0. The predicted octanol–water partition coefficient (Wildman–Crippen LogP) is -1.24. The molecule has 1 fully saturated rings. The van der Waals surface area contributed by atoms with E-state index in [1.165, 1.54) is 16.9 Å². The van der Waals surface area contributed by atoms with Crippen molar-refractivity contribution >= 4 is 22.7 Å². The topological polar surface area (TPSA) is 85.8 Å². The molecule has 2 aromatic heterocycles. The molecule has 1 atom stereocenters. The molecular formula is C15H24N6O+2. The van der Waals surface area contributed by atoms with Crippen molar-refractivity contribution in [3.63, 3.8) is 0 Å². The van der Waals surface area contributed by atoms with Crippen molar-refractivity contribution < 1.29 is 14.6 Å². The zero-order valence-corrected chi connectivity index (χ0v) is 13.0. The summed E-state index contributed by atoms with van der Waals surface area (Å²) in [6.45, 7) is 9.04. The number of nitrogen functional groups attached to an aromatic ring is 1. The monoisotopic (exact) mass is 304 g/mol. The number of anilines is 2. The van der Waals surface area contributed by atoms with Gasteiger partial charge in [0, 0.05) is 6.42 Å². The highest BCUT2D eigenvalue weighted by atomic mass is 16.5. The molecule has 0 saturated carbocycles. The van der Waals surface area contributed by atoms with Crippen LogP contribution in [0.3, 0.4) is 0 Å². The van der Waals surface area contributed by atoms with Crippen molar-refractivity contribution in [2.24, 2.45) is 0 Å². The number of rotatable bonds is 2. The molecule has 0 spiro atoms. The lowest BCUT2D eigenvalue weighted by atomic mass is 9.97. The standard InChI is InChI=1S/C15H22N6O/c1-2-20-4-3-10-11(9-20)15(21-5-7-22-8-6-21)17-14-12(10)13(16)18-19-14/h2-9H2,1H3,(H3,16,17,18,19)/p+2. The molecule has 0 aromatic carbocycles. The van der Waals surface area contributed by atoms with Gasteiger partial charge in [-0.25, -0.2) is 4.98 Å². The summed E-state index contributed by atoms with van der Waals surface area (Å²) in [6.07, 6.45) is 1.06. The number of aromatic nitrogens is 3. The van der Waals surface area contributed by atoms with Gasteiger partial charge in [0.05, 0.1) is 50.3 Å². The van der Waals surface area contributed by atoms with Crippen LogP contribution in [0.5, 0.6) is 0 Å². The van der Waals surface area contributed by atoms with E-state index in [1.807, 2.05) is 0 Å². The van der Waals surface area contributed by atoms with Gasteiger partial charge in [-0.1, -0.05) is 0 Å². The van der Waals surface area contributed by atoms with Crippen LogP contribution in [0.25, 0.3) is 11.0 Å². The van der Waals surface area contributed by atoms with Crippen molar-refractivity contribution in [2.45, 2.75) is 19.9 Å². The average molecular weight is 304 g/mol. The third-order valence-corrected chi connectivity index (χ3v) is 4.97. The number of nitrogens with one attached hydrogen (secondary N) is 3. The minimum atomic E-state index is 0.677. The molecule has 1 saturated heterocycles. The van der Waals surface area contributed by atoms with Gasteiger partial charge < -0.3 is 15.4 Å². The van der Waals surface area contributed by atoms with Gasteiger partial charge in [0.25, 0.3) is 5.65 Å². The first-order valence-electron chi connectivity index (χ1n) is 8.14. The number of aromatic amines is 2. The predicted molar refractivity (Wildman–Crippen MR) is 83.9 cm³/mol. The SMILES string of the molecule is CC[NH+]1CCc2c(c(N3CCOCC3)[nH+]c3n[nH]c(N)c23)C1. The first-order valence-corrected chi connectivity index (χ1v) is 8.14. The number of nitrogens with two attached hydrogens (primary N) is 1. The first-order chi connectivity index (χ1) is 10.8. The Morgan fingerprint density at radius 1 is 1.36 bits per heavy atom. The average Bonchev–Trinajstić information content (AvgIpc) is 2.95. The van der Waals surface area contributed by atoms with E-state index in [0.29, 0.717) is 5.82 Å². The maximum atomic E-state index is 6.12. The van der Waals surface area contributed by atoms with Crippen LogP contribution >= 0.6 is 0 Å². The van der Waals surface area contributed by atoms with Crippen LogP contribution in [0.1, 0.15) is 18.1 Å². The molecule has 118 valence electrons. The molecule has 0 bridgehead atoms. The van der Waals surface area contributed by atoms with Crippen molar-refractivity contribution in [1.82, 2.24) is 10.2 Å². The second-order valence-corrected chi connectivity index (χ2v) is 6.17. The largest absolute Gasteiger partial charge is 0.382 e. The van der Waals surface area contributed by atoms with Crippen LogP contribution in [0.2, 0.25) is 0 Å². The Bertz CT molecular complexity index is 691. The number of hydrogen-bond donors (Lipinski definition) is 3. The van der Waals surface area contributed by atoms with E-state index < -0.39 is 0 Å². The van der Waals surface area contributed by atoms with E-state index in [9.17, 15) is 0 Å². The van der Waals surface area contributed by atoms with Gasteiger partial charge >= 0.3 is 0 Å². The van der Waals surface area contributed by atoms with E-state index in [2.05, 4.69) is 27.0 Å². The molecule has 0 aliphatic carbocycles. The molecule has 22 heavy (non-hydrogen) atoms. The van der Waals surface area contributed by atoms with Gasteiger partial charge in [-0.3, -0.25) is 4.90 Å². The summed E-state index contributed by atoms with van der Waals surface area (Å²) in [6, 6.07) is 0. The smallest absolute Gasteiger partial charge is 0.295 e. The molecule has 2 aliphatic heterocycles. The van der Waals surface area contributed by atoms with Gasteiger partial charge in [0.1, 0.15) is 12.4 Å². The fraction of sp³-hybridized carbons (Fsp3) is 0.600. The van der Waals surface area contributed by atoms with Gasteiger partial charge in [0.2, 0.25) is 5.82 Å². The number of ether oxygens (including phenoxy) is 1.